The van der Waals surface area contributed by atoms with Gasteiger partial charge >= 0.3 is 0 Å². The summed E-state index contributed by atoms with van der Waals surface area (Å²) in [5, 5.41) is 0.618. The molecule has 7 heteroatoms. The molecule has 3 aromatic rings. The van der Waals surface area contributed by atoms with Gasteiger partial charge in [0, 0.05) is 26.8 Å². The van der Waals surface area contributed by atoms with Crippen LogP contribution in [0, 0.1) is 0 Å². The topological polar surface area (TPSA) is 78.0 Å². The number of nitrogens with one attached hydrogen (secondary N) is 1. The fraction of sp³-hybridized carbons (Fsp3) is 0.333. The molecule has 1 saturated heterocycles. The molecule has 0 saturated carbocycles. The van der Waals surface area contributed by atoms with E-state index >= 15 is 0 Å². The molecule has 1 aliphatic heterocycles. The Morgan fingerprint density at radius 2 is 2.04 bits per heavy atom. The molecule has 1 N–H and O–H groups in total. The predicted molar refractivity (Wildman–Crippen MR) is 98.0 cm³/mol. The van der Waals surface area contributed by atoms with Crippen molar-refractivity contribution in [3.8, 4) is 0 Å². The highest BCUT2D eigenvalue weighted by Crippen LogP contribution is 2.33. The minimum absolute atomic E-state index is 0.0159. The Labute approximate surface area is 145 Å². The third-order valence-corrected chi connectivity index (χ3v) is 4.52. The lowest BCUT2D eigenvalue weighted by Crippen LogP contribution is -2.27. The van der Waals surface area contributed by atoms with Crippen LogP contribution in [-0.2, 0) is 0 Å². The highest BCUT2D eigenvalue weighted by Gasteiger charge is 2.29. The molecule has 0 amide bonds. The van der Waals surface area contributed by atoms with Gasteiger partial charge < -0.3 is 14.8 Å². The van der Waals surface area contributed by atoms with E-state index in [9.17, 15) is 4.79 Å². The van der Waals surface area contributed by atoms with Crippen molar-refractivity contribution in [2.24, 2.45) is 0 Å². The van der Waals surface area contributed by atoms with E-state index in [4.69, 9.17) is 4.98 Å². The van der Waals surface area contributed by atoms with E-state index in [-0.39, 0.29) is 11.6 Å². The molecule has 0 spiro atoms. The Morgan fingerprint density at radius 3 is 2.88 bits per heavy atom. The van der Waals surface area contributed by atoms with Gasteiger partial charge in [-0.15, -0.1) is 0 Å². The van der Waals surface area contributed by atoms with Crippen LogP contribution in [-0.4, -0.2) is 40.6 Å². The van der Waals surface area contributed by atoms with Crippen molar-refractivity contribution in [1.82, 2.24) is 19.9 Å². The van der Waals surface area contributed by atoms with Crippen LogP contribution >= 0.6 is 0 Å². The van der Waals surface area contributed by atoms with Crippen molar-refractivity contribution in [1.29, 1.82) is 0 Å². The number of aromatic nitrogens is 4. The zero-order valence-corrected chi connectivity index (χ0v) is 14.3. The monoisotopic (exact) mass is 336 g/mol. The third-order valence-electron chi connectivity index (χ3n) is 4.52. The number of fused-ring (bicyclic) bond motifs is 1. The van der Waals surface area contributed by atoms with Gasteiger partial charge in [0.2, 0.25) is 5.95 Å². The van der Waals surface area contributed by atoms with E-state index in [1.54, 1.807) is 12.3 Å². The number of nitrogens with zero attached hydrogens (tertiary/aromatic N) is 5. The van der Waals surface area contributed by atoms with Gasteiger partial charge in [-0.3, -0.25) is 4.79 Å². The van der Waals surface area contributed by atoms with E-state index in [2.05, 4.69) is 19.9 Å². The molecule has 1 unspecified atom stereocenters. The van der Waals surface area contributed by atoms with Crippen molar-refractivity contribution in [2.75, 3.05) is 30.4 Å². The van der Waals surface area contributed by atoms with Crippen LogP contribution in [0.4, 0.5) is 11.8 Å². The van der Waals surface area contributed by atoms with Gasteiger partial charge in [0.15, 0.2) is 0 Å². The maximum absolute atomic E-state index is 12.4. The number of para-hydroxylation sites is 1. The molecule has 128 valence electrons. The maximum atomic E-state index is 12.4. The first kappa shape index (κ1) is 15.6. The van der Waals surface area contributed by atoms with Gasteiger partial charge in [-0.1, -0.05) is 12.1 Å². The summed E-state index contributed by atoms with van der Waals surface area (Å²) in [6.45, 7) is 0.880. The molecule has 4 rings (SSSR count). The van der Waals surface area contributed by atoms with Gasteiger partial charge in [0.05, 0.1) is 16.9 Å². The van der Waals surface area contributed by atoms with Crippen LogP contribution in [0.15, 0.2) is 41.3 Å². The summed E-state index contributed by atoms with van der Waals surface area (Å²) in [7, 11) is 3.84. The van der Waals surface area contributed by atoms with Crippen LogP contribution in [0.1, 0.15) is 24.7 Å². The summed E-state index contributed by atoms with van der Waals surface area (Å²) in [5.41, 5.74) is 0.633. The molecule has 2 aromatic heterocycles. The standard InChI is InChI=1S/C18H20N6O/c1-23(2)18-19-10-9-15(21-18)24-11-5-8-14(24)16-20-13-7-4-3-6-12(13)17(25)22-16/h3-4,6-7,9-10,14H,5,8,11H2,1-2H3,(H,20,22,25). The molecule has 1 aliphatic rings. The lowest BCUT2D eigenvalue weighted by atomic mass is 10.2. The summed E-state index contributed by atoms with van der Waals surface area (Å²) in [5.74, 6) is 2.23. The second kappa shape index (κ2) is 6.16. The Balaban J connectivity index is 1.75. The number of H-pyrrole nitrogens is 1. The molecule has 1 fully saturated rings. The third kappa shape index (κ3) is 2.82. The molecule has 1 aromatic carbocycles. The van der Waals surface area contributed by atoms with E-state index in [1.165, 1.54) is 0 Å². The highest BCUT2D eigenvalue weighted by molar-refractivity contribution is 5.77. The number of rotatable bonds is 3. The van der Waals surface area contributed by atoms with Gasteiger partial charge in [0.1, 0.15) is 11.6 Å². The highest BCUT2D eigenvalue weighted by atomic mass is 16.1. The van der Waals surface area contributed by atoms with Gasteiger partial charge in [-0.05, 0) is 31.0 Å². The van der Waals surface area contributed by atoms with Crippen LogP contribution in [0.3, 0.4) is 0 Å². The van der Waals surface area contributed by atoms with Crippen LogP contribution in [0.2, 0.25) is 0 Å². The second-order valence-corrected chi connectivity index (χ2v) is 6.43. The van der Waals surface area contributed by atoms with Gasteiger partial charge in [-0.25, -0.2) is 9.97 Å². The maximum Gasteiger partial charge on any atom is 0.258 e. The first-order chi connectivity index (χ1) is 12.1. The van der Waals surface area contributed by atoms with Crippen LogP contribution in [0.5, 0.6) is 0 Å². The molecule has 0 bridgehead atoms. The summed E-state index contributed by atoms with van der Waals surface area (Å²) >= 11 is 0. The average molecular weight is 336 g/mol. The Kier molecular flexibility index (Phi) is 3.83. The SMILES string of the molecule is CN(C)c1nccc(N2CCCC2c2nc3ccccc3c(=O)[nH]2)n1. The molecule has 3 heterocycles. The lowest BCUT2D eigenvalue weighted by molar-refractivity contribution is 0.660. The predicted octanol–water partition coefficient (Wildman–Crippen LogP) is 2.12. The van der Waals surface area contributed by atoms with E-state index < -0.39 is 0 Å². The summed E-state index contributed by atoms with van der Waals surface area (Å²) in [4.78, 5) is 33.1. The lowest BCUT2D eigenvalue weighted by Gasteiger charge is -2.25. The zero-order chi connectivity index (χ0) is 17.4. The van der Waals surface area contributed by atoms with Crippen LogP contribution in [0.25, 0.3) is 10.9 Å². The zero-order valence-electron chi connectivity index (χ0n) is 14.3. The molecule has 0 radical (unpaired) electrons. The summed E-state index contributed by atoms with van der Waals surface area (Å²) in [6, 6.07) is 9.35. The number of anilines is 2. The van der Waals surface area contributed by atoms with Crippen LogP contribution < -0.4 is 15.4 Å². The average Bonchev–Trinajstić information content (AvgIpc) is 3.11. The molecule has 7 nitrogen and oxygen atoms in total. The largest absolute Gasteiger partial charge is 0.347 e. The molecule has 1 atom stereocenters. The van der Waals surface area contributed by atoms with Crippen molar-refractivity contribution < 1.29 is 0 Å². The quantitative estimate of drug-likeness (QED) is 0.789. The molecular formula is C18H20N6O. The van der Waals surface area contributed by atoms with E-state index in [1.807, 2.05) is 43.3 Å². The Hall–Kier alpha value is -2.96. The first-order valence-electron chi connectivity index (χ1n) is 8.39. The minimum Gasteiger partial charge on any atom is -0.347 e. The van der Waals surface area contributed by atoms with Crippen molar-refractivity contribution >= 4 is 22.7 Å². The molecule has 25 heavy (non-hydrogen) atoms. The van der Waals surface area contributed by atoms with Gasteiger partial charge in [0.25, 0.3) is 5.56 Å². The summed E-state index contributed by atoms with van der Waals surface area (Å²) < 4.78 is 0. The van der Waals surface area contributed by atoms with Crippen molar-refractivity contribution in [2.45, 2.75) is 18.9 Å². The molecule has 0 aliphatic carbocycles. The van der Waals surface area contributed by atoms with Gasteiger partial charge in [-0.2, -0.15) is 4.98 Å². The number of benzene rings is 1. The normalized spacial score (nSPS) is 17.2. The molecular weight excluding hydrogens is 316 g/mol. The number of aromatic amines is 1. The first-order valence-corrected chi connectivity index (χ1v) is 8.39. The van der Waals surface area contributed by atoms with E-state index in [0.717, 1.165) is 30.7 Å². The van der Waals surface area contributed by atoms with Crippen molar-refractivity contribution in [3.63, 3.8) is 0 Å². The fourth-order valence-electron chi connectivity index (χ4n) is 3.30. The number of hydrogen-bond donors (Lipinski definition) is 1. The number of hydrogen-bond acceptors (Lipinski definition) is 6. The summed E-state index contributed by atoms with van der Waals surface area (Å²) in [6.07, 6.45) is 3.73. The Morgan fingerprint density at radius 1 is 1.20 bits per heavy atom. The Bertz CT molecular complexity index is 967. The second-order valence-electron chi connectivity index (χ2n) is 6.43. The minimum atomic E-state index is -0.0934. The van der Waals surface area contributed by atoms with Crippen molar-refractivity contribution in [3.05, 3.63) is 52.7 Å². The van der Waals surface area contributed by atoms with E-state index in [0.29, 0.717) is 17.2 Å². The smallest absolute Gasteiger partial charge is 0.258 e. The fourth-order valence-corrected chi connectivity index (χ4v) is 3.30.